The van der Waals surface area contributed by atoms with Crippen molar-refractivity contribution < 1.29 is 22.8 Å². The molecule has 1 aromatic rings. The Morgan fingerprint density at radius 1 is 1.16 bits per heavy atom. The third kappa shape index (κ3) is 7.25. The lowest BCUT2D eigenvalue weighted by atomic mass is 10.2. The highest BCUT2D eigenvalue weighted by molar-refractivity contribution is 8.00. The van der Waals surface area contributed by atoms with Crippen LogP contribution in [0.2, 0.25) is 0 Å². The van der Waals surface area contributed by atoms with Gasteiger partial charge in [-0.05, 0) is 36.7 Å². The maximum absolute atomic E-state index is 12.5. The van der Waals surface area contributed by atoms with Crippen molar-refractivity contribution in [1.82, 2.24) is 10.6 Å². The van der Waals surface area contributed by atoms with Gasteiger partial charge in [-0.15, -0.1) is 0 Å². The molecule has 0 atom stereocenters. The Morgan fingerprint density at radius 3 is 2.52 bits per heavy atom. The fourth-order valence-electron chi connectivity index (χ4n) is 2.61. The zero-order valence-electron chi connectivity index (χ0n) is 13.5. The van der Waals surface area contributed by atoms with Crippen molar-refractivity contribution in [3.8, 4) is 0 Å². The van der Waals surface area contributed by atoms with E-state index in [2.05, 4.69) is 16.0 Å². The van der Waals surface area contributed by atoms with Gasteiger partial charge in [0.05, 0.1) is 5.69 Å². The third-order valence-corrected chi connectivity index (χ3v) is 4.53. The smallest absolute Gasteiger partial charge is 0.353 e. The molecule has 3 amide bonds. The largest absolute Gasteiger partial charge is 0.446 e. The van der Waals surface area contributed by atoms with E-state index in [0.717, 1.165) is 25.7 Å². The van der Waals surface area contributed by atoms with Crippen molar-refractivity contribution in [2.75, 3.05) is 11.9 Å². The lowest BCUT2D eigenvalue weighted by molar-refractivity contribution is -0.121. The summed E-state index contributed by atoms with van der Waals surface area (Å²) in [6, 6.07) is 5.23. The van der Waals surface area contributed by atoms with Crippen molar-refractivity contribution in [2.24, 2.45) is 0 Å². The minimum atomic E-state index is -4.44. The molecule has 0 heterocycles. The van der Waals surface area contributed by atoms with E-state index in [1.807, 2.05) is 0 Å². The Kier molecular flexibility index (Phi) is 6.98. The van der Waals surface area contributed by atoms with E-state index in [1.165, 1.54) is 24.3 Å². The first-order chi connectivity index (χ1) is 11.8. The van der Waals surface area contributed by atoms with Crippen LogP contribution in [-0.2, 0) is 4.79 Å². The number of hydrogen-bond acceptors (Lipinski definition) is 3. The molecule has 0 unspecified atom stereocenters. The Labute approximate surface area is 148 Å². The van der Waals surface area contributed by atoms with E-state index in [-0.39, 0.29) is 47.3 Å². The number of hydrogen-bond donors (Lipinski definition) is 3. The summed E-state index contributed by atoms with van der Waals surface area (Å²) in [7, 11) is 0. The van der Waals surface area contributed by atoms with E-state index in [0.29, 0.717) is 0 Å². The first-order valence-corrected chi connectivity index (χ1v) is 8.84. The first kappa shape index (κ1) is 19.4. The number of anilines is 1. The molecule has 2 rings (SSSR count). The molecular formula is C16H20F3N3O2S. The molecule has 5 nitrogen and oxygen atoms in total. The summed E-state index contributed by atoms with van der Waals surface area (Å²) in [5.41, 5.74) is -4.37. The van der Waals surface area contributed by atoms with E-state index in [4.69, 9.17) is 0 Å². The molecule has 0 aliphatic heterocycles. The Balaban J connectivity index is 1.75. The zero-order chi connectivity index (χ0) is 18.3. The van der Waals surface area contributed by atoms with Crippen LogP contribution in [0, 0.1) is 0 Å². The van der Waals surface area contributed by atoms with Crippen LogP contribution >= 0.6 is 11.8 Å². The van der Waals surface area contributed by atoms with Gasteiger partial charge in [-0.25, -0.2) is 4.79 Å². The molecule has 0 aromatic heterocycles. The van der Waals surface area contributed by atoms with Gasteiger partial charge in [-0.2, -0.15) is 13.2 Å². The molecule has 0 spiro atoms. The van der Waals surface area contributed by atoms with Crippen molar-refractivity contribution in [3.63, 3.8) is 0 Å². The van der Waals surface area contributed by atoms with Gasteiger partial charge < -0.3 is 16.0 Å². The summed E-state index contributed by atoms with van der Waals surface area (Å²) in [6.45, 7) is 0.110. The SMILES string of the molecule is O=C(CCNC(=O)Nc1ccccc1SC(F)(F)F)NC1CCCC1. The van der Waals surface area contributed by atoms with Crippen LogP contribution in [-0.4, -0.2) is 30.0 Å². The summed E-state index contributed by atoms with van der Waals surface area (Å²) in [6.07, 6.45) is 4.31. The number of nitrogens with one attached hydrogen (secondary N) is 3. The van der Waals surface area contributed by atoms with Crippen molar-refractivity contribution in [1.29, 1.82) is 0 Å². The highest BCUT2D eigenvalue weighted by atomic mass is 32.2. The quantitative estimate of drug-likeness (QED) is 0.661. The van der Waals surface area contributed by atoms with Crippen LogP contribution in [0.5, 0.6) is 0 Å². The van der Waals surface area contributed by atoms with Gasteiger partial charge in [-0.3, -0.25) is 4.79 Å². The van der Waals surface area contributed by atoms with Gasteiger partial charge in [0.15, 0.2) is 0 Å². The first-order valence-electron chi connectivity index (χ1n) is 8.02. The van der Waals surface area contributed by atoms with Crippen LogP contribution in [0.4, 0.5) is 23.7 Å². The highest BCUT2D eigenvalue weighted by Crippen LogP contribution is 2.40. The molecule has 1 saturated carbocycles. The number of carbonyl (C=O) groups is 2. The topological polar surface area (TPSA) is 70.2 Å². The van der Waals surface area contributed by atoms with E-state index in [9.17, 15) is 22.8 Å². The van der Waals surface area contributed by atoms with Gasteiger partial charge in [-0.1, -0.05) is 25.0 Å². The van der Waals surface area contributed by atoms with Gasteiger partial charge in [0.1, 0.15) is 0 Å². The number of rotatable bonds is 6. The normalized spacial score (nSPS) is 15.0. The van der Waals surface area contributed by atoms with Gasteiger partial charge >= 0.3 is 11.5 Å². The van der Waals surface area contributed by atoms with E-state index >= 15 is 0 Å². The number of halogens is 3. The fraction of sp³-hybridized carbons (Fsp3) is 0.500. The Morgan fingerprint density at radius 2 is 1.84 bits per heavy atom. The zero-order valence-corrected chi connectivity index (χ0v) is 14.3. The molecule has 0 radical (unpaired) electrons. The summed E-state index contributed by atoms with van der Waals surface area (Å²) in [5.74, 6) is -0.139. The molecule has 138 valence electrons. The molecule has 0 saturated heterocycles. The third-order valence-electron chi connectivity index (χ3n) is 3.72. The predicted molar refractivity (Wildman–Crippen MR) is 90.4 cm³/mol. The summed E-state index contributed by atoms with van der Waals surface area (Å²) in [5, 5.41) is 7.75. The number of alkyl halides is 3. The maximum atomic E-state index is 12.5. The average Bonchev–Trinajstić information content (AvgIpc) is 3.00. The van der Waals surface area contributed by atoms with Crippen molar-refractivity contribution in [2.45, 2.75) is 48.5 Å². The Hall–Kier alpha value is -1.90. The molecule has 9 heteroatoms. The number of para-hydroxylation sites is 1. The summed E-state index contributed by atoms with van der Waals surface area (Å²) >= 11 is -0.291. The lowest BCUT2D eigenvalue weighted by Crippen LogP contribution is -2.36. The number of thioether (sulfide) groups is 1. The van der Waals surface area contributed by atoms with Gasteiger partial charge in [0.2, 0.25) is 5.91 Å². The molecule has 1 aromatic carbocycles. The van der Waals surface area contributed by atoms with Gasteiger partial charge in [0, 0.05) is 23.9 Å². The number of amides is 3. The minimum absolute atomic E-state index is 0.0673. The van der Waals surface area contributed by atoms with Crippen LogP contribution in [0.25, 0.3) is 0 Å². The molecule has 1 aliphatic carbocycles. The van der Waals surface area contributed by atoms with Crippen LogP contribution < -0.4 is 16.0 Å². The molecule has 1 aliphatic rings. The second kappa shape index (κ2) is 8.98. The van der Waals surface area contributed by atoms with Gasteiger partial charge in [0.25, 0.3) is 0 Å². The number of urea groups is 1. The molecule has 25 heavy (non-hydrogen) atoms. The standard InChI is InChI=1S/C16H20F3N3O2S/c17-16(18,19)25-13-8-4-3-7-12(13)22-15(24)20-10-9-14(23)21-11-5-1-2-6-11/h3-4,7-8,11H,1-2,5-6,9-10H2,(H,21,23)(H2,20,22,24). The van der Waals surface area contributed by atoms with E-state index < -0.39 is 11.5 Å². The average molecular weight is 375 g/mol. The maximum Gasteiger partial charge on any atom is 0.446 e. The lowest BCUT2D eigenvalue weighted by Gasteiger charge is -2.14. The predicted octanol–water partition coefficient (Wildman–Crippen LogP) is 3.87. The molecule has 1 fully saturated rings. The monoisotopic (exact) mass is 375 g/mol. The Bertz CT molecular complexity index is 605. The minimum Gasteiger partial charge on any atom is -0.353 e. The van der Waals surface area contributed by atoms with Crippen LogP contribution in [0.1, 0.15) is 32.1 Å². The summed E-state index contributed by atoms with van der Waals surface area (Å²) < 4.78 is 37.5. The number of benzene rings is 1. The molecular weight excluding hydrogens is 355 g/mol. The summed E-state index contributed by atoms with van der Waals surface area (Å²) in [4.78, 5) is 23.5. The van der Waals surface area contributed by atoms with E-state index in [1.54, 1.807) is 0 Å². The molecule has 0 bridgehead atoms. The second-order valence-corrected chi connectivity index (χ2v) is 6.83. The number of carbonyl (C=O) groups excluding carboxylic acids is 2. The fourth-order valence-corrected chi connectivity index (χ4v) is 3.23. The molecule has 3 N–H and O–H groups in total. The highest BCUT2D eigenvalue weighted by Gasteiger charge is 2.30. The van der Waals surface area contributed by atoms with Crippen molar-refractivity contribution in [3.05, 3.63) is 24.3 Å². The van der Waals surface area contributed by atoms with Crippen LogP contribution in [0.3, 0.4) is 0 Å². The second-order valence-electron chi connectivity index (χ2n) is 5.72. The van der Waals surface area contributed by atoms with Crippen LogP contribution in [0.15, 0.2) is 29.2 Å². The van der Waals surface area contributed by atoms with Crippen molar-refractivity contribution >= 4 is 29.4 Å².